The number of allylic oxidation sites excluding steroid dienone is 2. The molecule has 0 unspecified atom stereocenters. The maximum Gasteiger partial charge on any atom is 0.0991 e. The van der Waals surface area contributed by atoms with E-state index in [9.17, 15) is 0 Å². The summed E-state index contributed by atoms with van der Waals surface area (Å²) in [5.74, 6) is 1.49. The third-order valence-corrected chi connectivity index (χ3v) is 4.15. The fourth-order valence-electron chi connectivity index (χ4n) is 2.93. The number of nitriles is 1. The van der Waals surface area contributed by atoms with Gasteiger partial charge in [0.1, 0.15) is 0 Å². The Kier molecular flexibility index (Phi) is 5.21. The molecule has 1 aromatic rings. The van der Waals surface area contributed by atoms with Crippen LogP contribution in [0.4, 0.5) is 0 Å². The van der Waals surface area contributed by atoms with Gasteiger partial charge in [0.05, 0.1) is 11.6 Å². The molecule has 2 rings (SSSR count). The van der Waals surface area contributed by atoms with Crippen LogP contribution in [-0.4, -0.2) is 0 Å². The molecule has 0 aromatic heterocycles. The topological polar surface area (TPSA) is 23.8 Å². The second-order valence-electron chi connectivity index (χ2n) is 5.56. The summed E-state index contributed by atoms with van der Waals surface area (Å²) < 4.78 is 0. The van der Waals surface area contributed by atoms with E-state index < -0.39 is 0 Å². The molecule has 0 aliphatic heterocycles. The molecule has 1 aromatic carbocycles. The first-order chi connectivity index (χ1) is 9.33. The number of rotatable bonds is 4. The third-order valence-electron chi connectivity index (χ3n) is 4.15. The first kappa shape index (κ1) is 13.9. The fraction of sp³-hybridized carbons (Fsp3) is 0.500. The van der Waals surface area contributed by atoms with Gasteiger partial charge in [-0.2, -0.15) is 5.26 Å². The minimum atomic E-state index is 0.698. The van der Waals surface area contributed by atoms with Crippen LogP contribution < -0.4 is 0 Å². The summed E-state index contributed by atoms with van der Waals surface area (Å²) in [6.45, 7) is 2.23. The number of nitrogens with zero attached hydrogens (tertiary/aromatic N) is 1. The average Bonchev–Trinajstić information content (AvgIpc) is 2.48. The lowest BCUT2D eigenvalue weighted by atomic mass is 9.78. The van der Waals surface area contributed by atoms with E-state index in [1.54, 1.807) is 0 Å². The van der Waals surface area contributed by atoms with Gasteiger partial charge in [0, 0.05) is 0 Å². The molecule has 0 atom stereocenters. The van der Waals surface area contributed by atoms with Crippen LogP contribution >= 0.6 is 0 Å². The van der Waals surface area contributed by atoms with Gasteiger partial charge in [-0.25, -0.2) is 0 Å². The molecule has 1 aliphatic rings. The normalized spacial score (nSPS) is 23.4. The van der Waals surface area contributed by atoms with Gasteiger partial charge in [-0.05, 0) is 61.6 Å². The molecule has 1 nitrogen and oxygen atoms in total. The highest BCUT2D eigenvalue weighted by molar-refractivity contribution is 5.33. The van der Waals surface area contributed by atoms with Crippen LogP contribution in [0.2, 0.25) is 0 Å². The van der Waals surface area contributed by atoms with Gasteiger partial charge in [-0.15, -0.1) is 0 Å². The first-order valence-electron chi connectivity index (χ1n) is 7.50. The summed E-state index contributed by atoms with van der Waals surface area (Å²) in [6.07, 6.45) is 12.4. The Bertz CT molecular complexity index is 442. The Morgan fingerprint density at radius 3 is 2.42 bits per heavy atom. The molecule has 1 saturated carbocycles. The standard InChI is InChI=1S/C18H23N/c1-2-3-4-5-15-6-10-17(11-7-15)18-12-8-16(14-19)9-13-18/h4-5,8-9,12-13,15,17H,2-3,6-7,10-11H2,1H3/b5-4-/t15-,17-. The van der Waals surface area contributed by atoms with Gasteiger partial charge in [-0.3, -0.25) is 0 Å². The lowest BCUT2D eigenvalue weighted by Gasteiger charge is -2.27. The van der Waals surface area contributed by atoms with Crippen molar-refractivity contribution in [2.24, 2.45) is 5.92 Å². The van der Waals surface area contributed by atoms with Gasteiger partial charge in [0.15, 0.2) is 0 Å². The Morgan fingerprint density at radius 1 is 1.16 bits per heavy atom. The zero-order valence-corrected chi connectivity index (χ0v) is 11.8. The molecule has 0 N–H and O–H groups in total. The molecule has 1 heteroatoms. The second kappa shape index (κ2) is 7.14. The van der Waals surface area contributed by atoms with E-state index in [0.29, 0.717) is 5.92 Å². The zero-order chi connectivity index (χ0) is 13.5. The van der Waals surface area contributed by atoms with E-state index in [1.807, 2.05) is 12.1 Å². The molecule has 0 saturated heterocycles. The molecular formula is C18H23N. The lowest BCUT2D eigenvalue weighted by molar-refractivity contribution is 0.375. The van der Waals surface area contributed by atoms with Crippen molar-refractivity contribution in [3.05, 3.63) is 47.5 Å². The molecule has 1 aliphatic carbocycles. The smallest absolute Gasteiger partial charge is 0.0991 e. The molecule has 0 bridgehead atoms. The predicted octanol–water partition coefficient (Wildman–Crippen LogP) is 5.19. The first-order valence-corrected chi connectivity index (χ1v) is 7.50. The lowest BCUT2D eigenvalue weighted by Crippen LogP contribution is -2.11. The summed E-state index contributed by atoms with van der Waals surface area (Å²) in [5.41, 5.74) is 2.18. The Hall–Kier alpha value is -1.55. The zero-order valence-electron chi connectivity index (χ0n) is 11.8. The van der Waals surface area contributed by atoms with Gasteiger partial charge in [0.2, 0.25) is 0 Å². The molecule has 19 heavy (non-hydrogen) atoms. The summed E-state index contributed by atoms with van der Waals surface area (Å²) in [5, 5.41) is 8.82. The van der Waals surface area contributed by atoms with Crippen molar-refractivity contribution in [3.63, 3.8) is 0 Å². The van der Waals surface area contributed by atoms with E-state index in [4.69, 9.17) is 5.26 Å². The van der Waals surface area contributed by atoms with E-state index in [2.05, 4.69) is 37.3 Å². The summed E-state index contributed by atoms with van der Waals surface area (Å²) >= 11 is 0. The van der Waals surface area contributed by atoms with Gasteiger partial charge >= 0.3 is 0 Å². The highest BCUT2D eigenvalue weighted by Gasteiger charge is 2.20. The second-order valence-corrected chi connectivity index (χ2v) is 5.56. The monoisotopic (exact) mass is 253 g/mol. The van der Waals surface area contributed by atoms with Crippen molar-refractivity contribution in [2.75, 3.05) is 0 Å². The predicted molar refractivity (Wildman–Crippen MR) is 79.9 cm³/mol. The molecule has 1 fully saturated rings. The highest BCUT2D eigenvalue weighted by atomic mass is 14.3. The Morgan fingerprint density at radius 2 is 1.84 bits per heavy atom. The van der Waals surface area contributed by atoms with Crippen LogP contribution in [0.3, 0.4) is 0 Å². The van der Waals surface area contributed by atoms with Crippen molar-refractivity contribution in [3.8, 4) is 6.07 Å². The number of benzene rings is 1. The van der Waals surface area contributed by atoms with Crippen molar-refractivity contribution >= 4 is 0 Å². The fourth-order valence-corrected chi connectivity index (χ4v) is 2.93. The van der Waals surface area contributed by atoms with Gasteiger partial charge < -0.3 is 0 Å². The highest BCUT2D eigenvalue weighted by Crippen LogP contribution is 2.36. The van der Waals surface area contributed by atoms with Crippen molar-refractivity contribution < 1.29 is 0 Å². The Labute approximate surface area is 117 Å². The molecular weight excluding hydrogens is 230 g/mol. The minimum absolute atomic E-state index is 0.698. The third kappa shape index (κ3) is 3.96. The molecule has 0 amide bonds. The van der Waals surface area contributed by atoms with E-state index in [1.165, 1.54) is 44.1 Å². The van der Waals surface area contributed by atoms with Gasteiger partial charge in [-0.1, -0.05) is 37.6 Å². The van der Waals surface area contributed by atoms with Crippen LogP contribution in [0.1, 0.15) is 62.5 Å². The minimum Gasteiger partial charge on any atom is -0.192 e. The van der Waals surface area contributed by atoms with Gasteiger partial charge in [0.25, 0.3) is 0 Å². The molecule has 100 valence electrons. The summed E-state index contributed by atoms with van der Waals surface area (Å²) in [7, 11) is 0. The van der Waals surface area contributed by atoms with E-state index in [-0.39, 0.29) is 0 Å². The molecule has 0 spiro atoms. The number of unbranched alkanes of at least 4 members (excludes halogenated alkanes) is 1. The van der Waals surface area contributed by atoms with Crippen LogP contribution in [0, 0.1) is 17.2 Å². The largest absolute Gasteiger partial charge is 0.192 e. The molecule has 0 heterocycles. The van der Waals surface area contributed by atoms with Crippen molar-refractivity contribution in [1.82, 2.24) is 0 Å². The van der Waals surface area contributed by atoms with Crippen molar-refractivity contribution in [2.45, 2.75) is 51.4 Å². The van der Waals surface area contributed by atoms with Crippen molar-refractivity contribution in [1.29, 1.82) is 5.26 Å². The maximum atomic E-state index is 8.82. The molecule has 0 radical (unpaired) electrons. The average molecular weight is 253 g/mol. The summed E-state index contributed by atoms with van der Waals surface area (Å²) in [6, 6.07) is 10.3. The van der Waals surface area contributed by atoms with E-state index >= 15 is 0 Å². The maximum absolute atomic E-state index is 8.82. The quantitative estimate of drug-likeness (QED) is 0.677. The van der Waals surface area contributed by atoms with E-state index in [0.717, 1.165) is 11.5 Å². The van der Waals surface area contributed by atoms with Crippen LogP contribution in [0.15, 0.2) is 36.4 Å². The SMILES string of the molecule is CCC/C=C\[C@H]1CC[C@H](c2ccc(C#N)cc2)CC1. The summed E-state index contributed by atoms with van der Waals surface area (Å²) in [4.78, 5) is 0. The van der Waals surface area contributed by atoms with Crippen LogP contribution in [0.5, 0.6) is 0 Å². The Balaban J connectivity index is 1.87. The number of hydrogen-bond acceptors (Lipinski definition) is 1. The van der Waals surface area contributed by atoms with Crippen LogP contribution in [-0.2, 0) is 0 Å². The van der Waals surface area contributed by atoms with Crippen LogP contribution in [0.25, 0.3) is 0 Å². The number of hydrogen-bond donors (Lipinski definition) is 0.